The van der Waals surface area contributed by atoms with Crippen molar-refractivity contribution in [3.63, 3.8) is 0 Å². The highest BCUT2D eigenvalue weighted by molar-refractivity contribution is 7.23. The van der Waals surface area contributed by atoms with Crippen LogP contribution in [0.1, 0.15) is 26.4 Å². The molecule has 4 nitrogen and oxygen atoms in total. The van der Waals surface area contributed by atoms with E-state index in [1.165, 1.54) is 23.0 Å². The summed E-state index contributed by atoms with van der Waals surface area (Å²) in [4.78, 5) is 21.4. The number of carbonyl (C=O) groups excluding carboxylic acids is 1. The van der Waals surface area contributed by atoms with Crippen LogP contribution in [-0.4, -0.2) is 22.3 Å². The van der Waals surface area contributed by atoms with Gasteiger partial charge < -0.3 is 5.32 Å². The number of nitrogens with one attached hydrogen (secondary N) is 1. The van der Waals surface area contributed by atoms with Gasteiger partial charge in [0.05, 0.1) is 10.2 Å². The molecule has 0 bridgehead atoms. The summed E-state index contributed by atoms with van der Waals surface area (Å²) in [6.45, 7) is 2.43. The van der Waals surface area contributed by atoms with Crippen LogP contribution in [0.25, 0.3) is 20.8 Å². The SMILES string of the molecule is Cl.O=C(Nc1sc2c(c1-c1nc3ccccc3s1)CCN(Cc1ccccc1)C2)c1c(F)cccc1F. The summed E-state index contributed by atoms with van der Waals surface area (Å²) in [7, 11) is 0. The zero-order valence-electron chi connectivity index (χ0n) is 19.5. The van der Waals surface area contributed by atoms with Gasteiger partial charge in [0.2, 0.25) is 0 Å². The average molecular weight is 554 g/mol. The summed E-state index contributed by atoms with van der Waals surface area (Å²) in [6.07, 6.45) is 0.799. The van der Waals surface area contributed by atoms with Gasteiger partial charge in [-0.3, -0.25) is 9.69 Å². The molecule has 0 aliphatic carbocycles. The molecule has 0 atom stereocenters. The Morgan fingerprint density at radius 3 is 2.43 bits per heavy atom. The lowest BCUT2D eigenvalue weighted by atomic mass is 10.0. The molecule has 0 radical (unpaired) electrons. The van der Waals surface area contributed by atoms with Gasteiger partial charge in [0, 0.05) is 30.1 Å². The second-order valence-corrected chi connectivity index (χ2v) is 10.8. The van der Waals surface area contributed by atoms with E-state index < -0.39 is 23.1 Å². The zero-order valence-corrected chi connectivity index (χ0v) is 22.0. The number of hydrogen-bond acceptors (Lipinski definition) is 5. The highest BCUT2D eigenvalue weighted by Crippen LogP contribution is 2.46. The minimum atomic E-state index is -0.885. The van der Waals surface area contributed by atoms with Crippen molar-refractivity contribution >= 4 is 56.2 Å². The molecule has 6 rings (SSSR count). The minimum absolute atomic E-state index is 0. The first kappa shape index (κ1) is 25.5. The van der Waals surface area contributed by atoms with E-state index in [4.69, 9.17) is 4.98 Å². The number of amides is 1. The van der Waals surface area contributed by atoms with Crippen LogP contribution in [0.3, 0.4) is 0 Å². The fourth-order valence-corrected chi connectivity index (χ4v) is 7.00. The van der Waals surface area contributed by atoms with Gasteiger partial charge >= 0.3 is 0 Å². The highest BCUT2D eigenvalue weighted by atomic mass is 35.5. The summed E-state index contributed by atoms with van der Waals surface area (Å²) in [5.41, 5.74) is 3.56. The third kappa shape index (κ3) is 5.02. The Kier molecular flexibility index (Phi) is 7.35. The van der Waals surface area contributed by atoms with Gasteiger partial charge in [0.25, 0.3) is 5.91 Å². The number of benzene rings is 3. The van der Waals surface area contributed by atoms with E-state index in [1.807, 2.05) is 42.5 Å². The van der Waals surface area contributed by atoms with Crippen molar-refractivity contribution in [2.75, 3.05) is 11.9 Å². The molecule has 0 fully saturated rings. The lowest BCUT2D eigenvalue weighted by Crippen LogP contribution is -2.29. The monoisotopic (exact) mass is 553 g/mol. The molecule has 0 saturated carbocycles. The number of carbonyl (C=O) groups is 1. The van der Waals surface area contributed by atoms with E-state index in [-0.39, 0.29) is 12.4 Å². The third-order valence-corrected chi connectivity index (χ3v) is 8.50. The molecule has 3 heterocycles. The number of rotatable bonds is 5. The number of halogens is 3. The van der Waals surface area contributed by atoms with Crippen molar-refractivity contribution in [1.29, 1.82) is 0 Å². The Morgan fingerprint density at radius 1 is 0.946 bits per heavy atom. The Hall–Kier alpha value is -3.17. The van der Waals surface area contributed by atoms with Crippen molar-refractivity contribution in [2.45, 2.75) is 19.5 Å². The van der Waals surface area contributed by atoms with Crippen molar-refractivity contribution < 1.29 is 13.6 Å². The summed E-state index contributed by atoms with van der Waals surface area (Å²) < 4.78 is 29.7. The summed E-state index contributed by atoms with van der Waals surface area (Å²) >= 11 is 3.02. The molecule has 9 heteroatoms. The lowest BCUT2D eigenvalue weighted by Gasteiger charge is -2.27. The number of fused-ring (bicyclic) bond motifs is 2. The molecule has 0 saturated heterocycles. The Labute approximate surface area is 227 Å². The molecule has 0 spiro atoms. The van der Waals surface area contributed by atoms with Crippen molar-refractivity contribution in [2.24, 2.45) is 0 Å². The smallest absolute Gasteiger partial charge is 0.262 e. The fourth-order valence-electron chi connectivity index (χ4n) is 4.61. The van der Waals surface area contributed by atoms with Crippen molar-refractivity contribution in [3.8, 4) is 10.6 Å². The summed E-state index contributed by atoms with van der Waals surface area (Å²) in [5, 5.41) is 4.20. The van der Waals surface area contributed by atoms with E-state index >= 15 is 0 Å². The fraction of sp³-hybridized carbons (Fsp3) is 0.143. The molecule has 3 aromatic carbocycles. The van der Waals surface area contributed by atoms with Crippen LogP contribution in [0.2, 0.25) is 0 Å². The average Bonchev–Trinajstić information content (AvgIpc) is 3.45. The van der Waals surface area contributed by atoms with E-state index in [1.54, 1.807) is 11.3 Å². The molecular weight excluding hydrogens is 532 g/mol. The van der Waals surface area contributed by atoms with Crippen LogP contribution in [0, 0.1) is 11.6 Å². The van der Waals surface area contributed by atoms with Gasteiger partial charge in [-0.05, 0) is 41.8 Å². The molecule has 37 heavy (non-hydrogen) atoms. The Bertz CT molecular complexity index is 1530. The predicted octanol–water partition coefficient (Wildman–Crippen LogP) is 7.54. The molecule has 2 aromatic heterocycles. The Morgan fingerprint density at radius 2 is 1.68 bits per heavy atom. The topological polar surface area (TPSA) is 45.2 Å². The molecule has 5 aromatic rings. The molecule has 1 aliphatic heterocycles. The van der Waals surface area contributed by atoms with Gasteiger partial charge in [-0.1, -0.05) is 48.5 Å². The Balaban J connectivity index is 0.00000280. The van der Waals surface area contributed by atoms with Gasteiger partial charge in [-0.2, -0.15) is 0 Å². The second-order valence-electron chi connectivity index (χ2n) is 8.69. The van der Waals surface area contributed by atoms with Gasteiger partial charge in [0.15, 0.2) is 0 Å². The molecule has 1 N–H and O–H groups in total. The first-order chi connectivity index (χ1) is 17.6. The molecule has 0 unspecified atom stereocenters. The van der Waals surface area contributed by atoms with E-state index in [2.05, 4.69) is 22.3 Å². The van der Waals surface area contributed by atoms with E-state index in [0.717, 1.165) is 69.4 Å². The predicted molar refractivity (Wildman–Crippen MR) is 149 cm³/mol. The standard InChI is InChI=1S/C28H21F2N3OS2.ClH/c29-19-9-6-10-20(30)25(19)26(34)32-28-24(27-31-21-11-4-5-12-22(21)35-27)18-13-14-33(16-23(18)36-28)15-17-7-2-1-3-8-17;/h1-12H,13-16H2,(H,32,34);1H. The number of thiophene rings is 1. The molecule has 1 amide bonds. The maximum atomic E-state index is 14.3. The van der Waals surface area contributed by atoms with Crippen molar-refractivity contribution in [1.82, 2.24) is 9.88 Å². The number of nitrogens with zero attached hydrogens (tertiary/aromatic N) is 2. The number of anilines is 1. The van der Waals surface area contributed by atoms with Gasteiger partial charge in [-0.15, -0.1) is 35.1 Å². The van der Waals surface area contributed by atoms with Crippen LogP contribution in [0.5, 0.6) is 0 Å². The summed E-state index contributed by atoms with van der Waals surface area (Å²) in [6, 6.07) is 21.6. The maximum absolute atomic E-state index is 14.3. The summed E-state index contributed by atoms with van der Waals surface area (Å²) in [5.74, 6) is -2.57. The zero-order chi connectivity index (χ0) is 24.6. The van der Waals surface area contributed by atoms with Crippen LogP contribution >= 0.6 is 35.1 Å². The van der Waals surface area contributed by atoms with E-state index in [9.17, 15) is 13.6 Å². The van der Waals surface area contributed by atoms with E-state index in [0.29, 0.717) is 5.00 Å². The van der Waals surface area contributed by atoms with Crippen LogP contribution < -0.4 is 5.32 Å². The second kappa shape index (κ2) is 10.7. The number of aromatic nitrogens is 1. The van der Waals surface area contributed by atoms with Gasteiger partial charge in [-0.25, -0.2) is 13.8 Å². The lowest BCUT2D eigenvalue weighted by molar-refractivity contribution is 0.101. The number of thiazole rings is 1. The third-order valence-electron chi connectivity index (χ3n) is 6.31. The quantitative estimate of drug-likeness (QED) is 0.244. The van der Waals surface area contributed by atoms with Crippen LogP contribution in [0.15, 0.2) is 72.8 Å². The highest BCUT2D eigenvalue weighted by Gasteiger charge is 2.29. The first-order valence-electron chi connectivity index (χ1n) is 11.6. The maximum Gasteiger partial charge on any atom is 0.262 e. The normalized spacial score (nSPS) is 13.2. The largest absolute Gasteiger partial charge is 0.313 e. The number of hydrogen-bond donors (Lipinski definition) is 1. The number of para-hydroxylation sites is 1. The molecule has 188 valence electrons. The minimum Gasteiger partial charge on any atom is -0.313 e. The van der Waals surface area contributed by atoms with Crippen LogP contribution in [0.4, 0.5) is 13.8 Å². The van der Waals surface area contributed by atoms with Gasteiger partial charge in [0.1, 0.15) is 27.2 Å². The van der Waals surface area contributed by atoms with Crippen molar-refractivity contribution in [3.05, 3.63) is 106 Å². The first-order valence-corrected chi connectivity index (χ1v) is 13.2. The molecule has 1 aliphatic rings. The van der Waals surface area contributed by atoms with Crippen LogP contribution in [-0.2, 0) is 19.5 Å². The molecular formula is C28H22ClF2N3OS2.